The van der Waals surface area contributed by atoms with Crippen LogP contribution in [0.5, 0.6) is 0 Å². The van der Waals surface area contributed by atoms with Crippen molar-refractivity contribution >= 4 is 23.3 Å². The van der Waals surface area contributed by atoms with Crippen LogP contribution >= 0.6 is 0 Å². The Kier molecular flexibility index (Phi) is 5.79. The average molecular weight is 350 g/mol. The third kappa shape index (κ3) is 4.79. The van der Waals surface area contributed by atoms with Crippen LogP contribution in [0.15, 0.2) is 48.5 Å². The molecule has 0 atom stereocenters. The Morgan fingerprint density at radius 2 is 1.62 bits per heavy atom. The Bertz CT molecular complexity index is 815. The number of rotatable bonds is 7. The van der Waals surface area contributed by atoms with Crippen molar-refractivity contribution in [2.24, 2.45) is 0 Å². The summed E-state index contributed by atoms with van der Waals surface area (Å²) in [4.78, 5) is 35.9. The van der Waals surface area contributed by atoms with Gasteiger partial charge >= 0.3 is 0 Å². The first kappa shape index (κ1) is 17.9. The Labute approximate surface area is 152 Å². The van der Waals surface area contributed by atoms with Crippen LogP contribution in [0.2, 0.25) is 0 Å². The number of Topliss-reactive ketones (excluding diaryl/α,β-unsaturated/α-hetero) is 1. The largest absolute Gasteiger partial charge is 0.347 e. The normalized spacial score (nSPS) is 12.3. The second-order valence-corrected chi connectivity index (χ2v) is 6.45. The van der Waals surface area contributed by atoms with Crippen LogP contribution in [0.25, 0.3) is 0 Å². The molecule has 1 aliphatic rings. The number of anilines is 1. The van der Waals surface area contributed by atoms with Crippen molar-refractivity contribution in [2.45, 2.75) is 32.1 Å². The number of nitrogens with one attached hydrogen (secondary N) is 2. The summed E-state index contributed by atoms with van der Waals surface area (Å²) in [6.45, 7) is -0.110. The molecule has 2 aromatic carbocycles. The molecule has 0 radical (unpaired) electrons. The molecule has 26 heavy (non-hydrogen) atoms. The fourth-order valence-electron chi connectivity index (χ4n) is 3.11. The first-order chi connectivity index (χ1) is 12.6. The van der Waals surface area contributed by atoms with Crippen molar-refractivity contribution in [2.75, 3.05) is 11.9 Å². The number of hydrogen-bond acceptors (Lipinski definition) is 3. The van der Waals surface area contributed by atoms with E-state index < -0.39 is 0 Å². The van der Waals surface area contributed by atoms with Crippen molar-refractivity contribution in [3.8, 4) is 0 Å². The topological polar surface area (TPSA) is 75.3 Å². The number of carbonyl (C=O) groups excluding carboxylic acids is 3. The molecule has 0 spiro atoms. The SMILES string of the molecule is O=C(CCC(=O)c1ccc2c(c1)CCC2)NCC(=O)Nc1ccccc1. The van der Waals surface area contributed by atoms with E-state index in [0.717, 1.165) is 19.3 Å². The molecule has 0 unspecified atom stereocenters. The minimum absolute atomic E-state index is 0.0383. The lowest BCUT2D eigenvalue weighted by Gasteiger charge is -2.07. The molecule has 2 amide bonds. The van der Waals surface area contributed by atoms with Crippen molar-refractivity contribution < 1.29 is 14.4 Å². The Morgan fingerprint density at radius 1 is 0.846 bits per heavy atom. The first-order valence-electron chi connectivity index (χ1n) is 8.88. The van der Waals surface area contributed by atoms with Crippen LogP contribution in [0.1, 0.15) is 40.7 Å². The Hall–Kier alpha value is -2.95. The number of aryl methyl sites for hydroxylation is 2. The fourth-order valence-corrected chi connectivity index (χ4v) is 3.11. The smallest absolute Gasteiger partial charge is 0.243 e. The molecule has 2 aromatic rings. The average Bonchev–Trinajstić information content (AvgIpc) is 3.13. The quantitative estimate of drug-likeness (QED) is 0.754. The predicted molar refractivity (Wildman–Crippen MR) is 100 cm³/mol. The lowest BCUT2D eigenvalue weighted by Crippen LogP contribution is -2.33. The van der Waals surface area contributed by atoms with Gasteiger partial charge in [0.2, 0.25) is 11.8 Å². The van der Waals surface area contributed by atoms with E-state index in [4.69, 9.17) is 0 Å². The van der Waals surface area contributed by atoms with E-state index in [9.17, 15) is 14.4 Å². The van der Waals surface area contributed by atoms with E-state index in [1.54, 1.807) is 12.1 Å². The molecular formula is C21H22N2O3. The summed E-state index contributed by atoms with van der Waals surface area (Å²) in [5, 5.41) is 5.24. The van der Waals surface area contributed by atoms with Gasteiger partial charge in [-0.05, 0) is 48.6 Å². The molecule has 3 rings (SSSR count). The van der Waals surface area contributed by atoms with Crippen LogP contribution < -0.4 is 10.6 Å². The van der Waals surface area contributed by atoms with Crippen molar-refractivity contribution in [3.63, 3.8) is 0 Å². The zero-order valence-electron chi connectivity index (χ0n) is 14.6. The van der Waals surface area contributed by atoms with Gasteiger partial charge in [0.25, 0.3) is 0 Å². The standard InChI is InChI=1S/C21H22N2O3/c24-19(17-10-9-15-5-4-6-16(15)13-17)11-12-20(25)22-14-21(26)23-18-7-2-1-3-8-18/h1-3,7-10,13H,4-6,11-12,14H2,(H,22,25)(H,23,26). The molecule has 0 aromatic heterocycles. The second kappa shape index (κ2) is 8.43. The van der Waals surface area contributed by atoms with Gasteiger partial charge in [0, 0.05) is 24.1 Å². The maximum Gasteiger partial charge on any atom is 0.243 e. The lowest BCUT2D eigenvalue weighted by atomic mass is 10.0. The summed E-state index contributed by atoms with van der Waals surface area (Å²) in [5.41, 5.74) is 3.92. The number of ketones is 1. The summed E-state index contributed by atoms with van der Waals surface area (Å²) in [7, 11) is 0. The van der Waals surface area contributed by atoms with Gasteiger partial charge in [-0.15, -0.1) is 0 Å². The van der Waals surface area contributed by atoms with Crippen molar-refractivity contribution in [1.29, 1.82) is 0 Å². The summed E-state index contributed by atoms with van der Waals surface area (Å²) >= 11 is 0. The van der Waals surface area contributed by atoms with Crippen molar-refractivity contribution in [1.82, 2.24) is 5.32 Å². The minimum atomic E-state index is -0.303. The summed E-state index contributed by atoms with van der Waals surface area (Å²) in [5.74, 6) is -0.638. The zero-order chi connectivity index (χ0) is 18.4. The van der Waals surface area contributed by atoms with Crippen molar-refractivity contribution in [3.05, 3.63) is 65.2 Å². The number of carbonyl (C=O) groups is 3. The molecule has 5 heteroatoms. The predicted octanol–water partition coefficient (Wildman–Crippen LogP) is 2.89. The molecule has 0 heterocycles. The summed E-state index contributed by atoms with van der Waals surface area (Å²) < 4.78 is 0. The number of fused-ring (bicyclic) bond motifs is 1. The highest BCUT2D eigenvalue weighted by Crippen LogP contribution is 2.23. The van der Waals surface area contributed by atoms with E-state index in [2.05, 4.69) is 10.6 Å². The van der Waals surface area contributed by atoms with Gasteiger partial charge in [-0.2, -0.15) is 0 Å². The molecule has 2 N–H and O–H groups in total. The fraction of sp³-hybridized carbons (Fsp3) is 0.286. The molecule has 0 aliphatic heterocycles. The van der Waals surface area contributed by atoms with E-state index in [0.29, 0.717) is 11.3 Å². The Morgan fingerprint density at radius 3 is 2.42 bits per heavy atom. The summed E-state index contributed by atoms with van der Waals surface area (Å²) in [6.07, 6.45) is 3.46. The molecule has 1 aliphatic carbocycles. The van der Waals surface area contributed by atoms with Crippen LogP contribution in [0.4, 0.5) is 5.69 Å². The van der Waals surface area contributed by atoms with Gasteiger partial charge in [0.1, 0.15) is 0 Å². The summed E-state index contributed by atoms with van der Waals surface area (Å²) in [6, 6.07) is 14.9. The number of amides is 2. The highest BCUT2D eigenvalue weighted by Gasteiger charge is 2.15. The first-order valence-corrected chi connectivity index (χ1v) is 8.88. The molecule has 0 saturated heterocycles. The lowest BCUT2D eigenvalue weighted by molar-refractivity contribution is -0.124. The van der Waals surface area contributed by atoms with Gasteiger partial charge in [-0.3, -0.25) is 14.4 Å². The Balaban J connectivity index is 1.41. The third-order valence-electron chi connectivity index (χ3n) is 4.50. The highest BCUT2D eigenvalue weighted by molar-refractivity contribution is 5.99. The molecule has 0 saturated carbocycles. The maximum absolute atomic E-state index is 12.3. The van der Waals surface area contributed by atoms with Gasteiger partial charge in [0.15, 0.2) is 5.78 Å². The second-order valence-electron chi connectivity index (χ2n) is 6.45. The molecular weight excluding hydrogens is 328 g/mol. The number of benzene rings is 2. The van der Waals surface area contributed by atoms with E-state index >= 15 is 0 Å². The monoisotopic (exact) mass is 350 g/mol. The van der Waals surface area contributed by atoms with Gasteiger partial charge < -0.3 is 10.6 Å². The number of hydrogen-bond donors (Lipinski definition) is 2. The molecule has 5 nitrogen and oxygen atoms in total. The molecule has 0 bridgehead atoms. The minimum Gasteiger partial charge on any atom is -0.347 e. The maximum atomic E-state index is 12.3. The van der Waals surface area contributed by atoms with E-state index in [-0.39, 0.29) is 37.0 Å². The van der Waals surface area contributed by atoms with E-state index in [1.807, 2.05) is 36.4 Å². The van der Waals surface area contributed by atoms with Crippen LogP contribution in [-0.4, -0.2) is 24.1 Å². The third-order valence-corrected chi connectivity index (χ3v) is 4.50. The van der Waals surface area contributed by atoms with Crippen LogP contribution in [0.3, 0.4) is 0 Å². The zero-order valence-corrected chi connectivity index (χ0v) is 14.6. The molecule has 0 fully saturated rings. The number of para-hydroxylation sites is 1. The van der Waals surface area contributed by atoms with E-state index in [1.165, 1.54) is 11.1 Å². The van der Waals surface area contributed by atoms with Gasteiger partial charge in [0.05, 0.1) is 6.54 Å². The van der Waals surface area contributed by atoms with Gasteiger partial charge in [-0.25, -0.2) is 0 Å². The van der Waals surface area contributed by atoms with Crippen LogP contribution in [0, 0.1) is 0 Å². The highest BCUT2D eigenvalue weighted by atomic mass is 16.2. The molecule has 134 valence electrons. The van der Waals surface area contributed by atoms with Gasteiger partial charge in [-0.1, -0.05) is 30.3 Å². The van der Waals surface area contributed by atoms with Crippen LogP contribution in [-0.2, 0) is 22.4 Å².